The maximum atomic E-state index is 5.47. The van der Waals surface area contributed by atoms with Crippen LogP contribution in [0.1, 0.15) is 5.69 Å². The first-order valence-corrected chi connectivity index (χ1v) is 6.04. The third-order valence-electron chi connectivity index (χ3n) is 1.61. The van der Waals surface area contributed by atoms with Crippen LogP contribution in [0.5, 0.6) is 0 Å². The summed E-state index contributed by atoms with van der Waals surface area (Å²) in [6.45, 7) is 0.898. The maximum absolute atomic E-state index is 5.47. The zero-order valence-corrected chi connectivity index (χ0v) is 9.62. The quantitative estimate of drug-likeness (QED) is 0.589. The number of pyridine rings is 1. The third kappa shape index (κ3) is 3.51. The summed E-state index contributed by atoms with van der Waals surface area (Å²) in [5.74, 6) is 1.88. The number of nitrogens with two attached hydrogens (primary N) is 1. The van der Waals surface area contributed by atoms with Gasteiger partial charge in [-0.2, -0.15) is 11.8 Å². The number of hydrogen-bond donors (Lipinski definition) is 2. The van der Waals surface area contributed by atoms with Gasteiger partial charge in [-0.15, -0.1) is 0 Å². The Morgan fingerprint density at radius 1 is 1.64 bits per heavy atom. The van der Waals surface area contributed by atoms with Gasteiger partial charge in [0, 0.05) is 12.3 Å². The number of thioether (sulfide) groups is 1. The molecule has 1 aromatic heterocycles. The zero-order valence-electron chi connectivity index (χ0n) is 7.99. The van der Waals surface area contributed by atoms with Crippen molar-refractivity contribution in [3.05, 3.63) is 23.9 Å². The number of nitrogens with zero attached hydrogens (tertiary/aromatic N) is 1. The SMILES string of the molecule is CSCCNc1cccc(C(N)=S)n1. The van der Waals surface area contributed by atoms with E-state index in [4.69, 9.17) is 18.0 Å². The lowest BCUT2D eigenvalue weighted by Crippen LogP contribution is -2.13. The van der Waals surface area contributed by atoms with Crippen LogP contribution in [0.4, 0.5) is 5.82 Å². The molecule has 3 N–H and O–H groups in total. The summed E-state index contributed by atoms with van der Waals surface area (Å²) >= 11 is 6.63. The molecule has 0 aliphatic rings. The first-order valence-electron chi connectivity index (χ1n) is 4.23. The fourth-order valence-corrected chi connectivity index (χ4v) is 1.37. The molecule has 0 unspecified atom stereocenters. The maximum Gasteiger partial charge on any atom is 0.126 e. The van der Waals surface area contributed by atoms with Gasteiger partial charge in [0.25, 0.3) is 0 Å². The summed E-state index contributed by atoms with van der Waals surface area (Å²) in [7, 11) is 0. The highest BCUT2D eigenvalue weighted by molar-refractivity contribution is 7.98. The van der Waals surface area contributed by atoms with Crippen LogP contribution in [0, 0.1) is 0 Å². The van der Waals surface area contributed by atoms with E-state index in [1.165, 1.54) is 0 Å². The van der Waals surface area contributed by atoms with Crippen molar-refractivity contribution in [1.29, 1.82) is 0 Å². The molecule has 0 bridgehead atoms. The standard InChI is InChI=1S/C9H13N3S2/c1-14-6-5-11-8-4-2-3-7(12-8)9(10)13/h2-4H,5-6H2,1H3,(H2,10,13)(H,11,12). The lowest BCUT2D eigenvalue weighted by Gasteiger charge is -2.05. The van der Waals surface area contributed by atoms with Crippen molar-refractivity contribution in [2.75, 3.05) is 23.9 Å². The molecule has 0 amide bonds. The molecular weight excluding hydrogens is 214 g/mol. The predicted molar refractivity (Wildman–Crippen MR) is 67.0 cm³/mol. The summed E-state index contributed by atoms with van der Waals surface area (Å²) in [6.07, 6.45) is 2.07. The Hall–Kier alpha value is -0.810. The van der Waals surface area contributed by atoms with Gasteiger partial charge >= 0.3 is 0 Å². The second kappa shape index (κ2) is 5.82. The number of nitrogens with one attached hydrogen (secondary N) is 1. The molecule has 1 rings (SSSR count). The highest BCUT2D eigenvalue weighted by Crippen LogP contribution is 2.04. The second-order valence-electron chi connectivity index (χ2n) is 2.69. The summed E-state index contributed by atoms with van der Waals surface area (Å²) < 4.78 is 0. The van der Waals surface area contributed by atoms with Crippen molar-refractivity contribution in [3.63, 3.8) is 0 Å². The Balaban J connectivity index is 2.59. The summed E-state index contributed by atoms with van der Waals surface area (Å²) in [5.41, 5.74) is 6.14. The lowest BCUT2D eigenvalue weighted by atomic mass is 10.3. The Labute approximate surface area is 93.5 Å². The monoisotopic (exact) mass is 227 g/mol. The van der Waals surface area contributed by atoms with Crippen molar-refractivity contribution >= 4 is 34.8 Å². The molecule has 1 heterocycles. The van der Waals surface area contributed by atoms with E-state index in [1.54, 1.807) is 11.8 Å². The van der Waals surface area contributed by atoms with Crippen LogP contribution in [0.15, 0.2) is 18.2 Å². The molecule has 0 radical (unpaired) electrons. The van der Waals surface area contributed by atoms with Crippen LogP contribution >= 0.6 is 24.0 Å². The summed E-state index contributed by atoms with van der Waals surface area (Å²) in [5, 5.41) is 3.19. The Morgan fingerprint density at radius 3 is 3.07 bits per heavy atom. The van der Waals surface area contributed by atoms with Crippen LogP contribution < -0.4 is 11.1 Å². The van der Waals surface area contributed by atoms with Gasteiger partial charge in [0.15, 0.2) is 0 Å². The normalized spacial score (nSPS) is 9.79. The molecule has 0 aromatic carbocycles. The van der Waals surface area contributed by atoms with E-state index in [-0.39, 0.29) is 0 Å². The molecule has 3 nitrogen and oxygen atoms in total. The van der Waals surface area contributed by atoms with Gasteiger partial charge in [0.05, 0.1) is 5.69 Å². The molecule has 0 aliphatic carbocycles. The summed E-state index contributed by atoms with van der Waals surface area (Å²) in [4.78, 5) is 4.59. The van der Waals surface area contributed by atoms with Gasteiger partial charge in [-0.25, -0.2) is 4.98 Å². The number of aromatic nitrogens is 1. The van der Waals surface area contributed by atoms with E-state index in [0.717, 1.165) is 18.1 Å². The van der Waals surface area contributed by atoms with Gasteiger partial charge in [0.2, 0.25) is 0 Å². The third-order valence-corrected chi connectivity index (χ3v) is 2.44. The molecule has 0 spiro atoms. The molecule has 0 aliphatic heterocycles. The minimum absolute atomic E-state index is 0.332. The number of anilines is 1. The van der Waals surface area contributed by atoms with Gasteiger partial charge in [-0.3, -0.25) is 0 Å². The van der Waals surface area contributed by atoms with Gasteiger partial charge in [0.1, 0.15) is 10.8 Å². The van der Waals surface area contributed by atoms with Crippen LogP contribution in [0.25, 0.3) is 0 Å². The van der Waals surface area contributed by atoms with E-state index in [9.17, 15) is 0 Å². The Kier molecular flexibility index (Phi) is 4.69. The zero-order chi connectivity index (χ0) is 10.4. The average molecular weight is 227 g/mol. The van der Waals surface area contributed by atoms with Gasteiger partial charge in [-0.1, -0.05) is 18.3 Å². The lowest BCUT2D eigenvalue weighted by molar-refractivity contribution is 1.16. The largest absolute Gasteiger partial charge is 0.388 e. The van der Waals surface area contributed by atoms with E-state index in [1.807, 2.05) is 18.2 Å². The second-order valence-corrected chi connectivity index (χ2v) is 4.12. The van der Waals surface area contributed by atoms with Crippen LogP contribution in [-0.4, -0.2) is 28.5 Å². The minimum atomic E-state index is 0.332. The number of hydrogen-bond acceptors (Lipinski definition) is 4. The Bertz CT molecular complexity index is 315. The first-order chi connectivity index (χ1) is 6.74. The molecule has 1 aromatic rings. The molecule has 14 heavy (non-hydrogen) atoms. The van der Waals surface area contributed by atoms with E-state index < -0.39 is 0 Å². The number of thiocarbonyl (C=S) groups is 1. The van der Waals surface area contributed by atoms with Crippen molar-refractivity contribution in [3.8, 4) is 0 Å². The minimum Gasteiger partial charge on any atom is -0.388 e. The molecular formula is C9H13N3S2. The molecule has 5 heteroatoms. The van der Waals surface area contributed by atoms with E-state index in [2.05, 4.69) is 16.6 Å². The van der Waals surface area contributed by atoms with Crippen molar-refractivity contribution < 1.29 is 0 Å². The van der Waals surface area contributed by atoms with Crippen LogP contribution in [-0.2, 0) is 0 Å². The molecule has 0 saturated carbocycles. The van der Waals surface area contributed by atoms with E-state index >= 15 is 0 Å². The van der Waals surface area contributed by atoms with E-state index in [0.29, 0.717) is 10.7 Å². The number of rotatable bonds is 5. The van der Waals surface area contributed by atoms with Crippen molar-refractivity contribution in [2.45, 2.75) is 0 Å². The van der Waals surface area contributed by atoms with Gasteiger partial charge < -0.3 is 11.1 Å². The van der Waals surface area contributed by atoms with Crippen molar-refractivity contribution in [2.24, 2.45) is 5.73 Å². The highest BCUT2D eigenvalue weighted by Gasteiger charge is 1.98. The smallest absolute Gasteiger partial charge is 0.126 e. The highest BCUT2D eigenvalue weighted by atomic mass is 32.2. The predicted octanol–water partition coefficient (Wildman–Crippen LogP) is 1.49. The Morgan fingerprint density at radius 2 is 2.43 bits per heavy atom. The first kappa shape index (κ1) is 11.3. The van der Waals surface area contributed by atoms with Crippen LogP contribution in [0.2, 0.25) is 0 Å². The molecule has 76 valence electrons. The van der Waals surface area contributed by atoms with Gasteiger partial charge in [-0.05, 0) is 18.4 Å². The molecule has 0 fully saturated rings. The van der Waals surface area contributed by atoms with Crippen molar-refractivity contribution in [1.82, 2.24) is 4.98 Å². The molecule has 0 atom stereocenters. The molecule has 0 saturated heterocycles. The fraction of sp³-hybridized carbons (Fsp3) is 0.333. The van der Waals surface area contributed by atoms with Crippen LogP contribution in [0.3, 0.4) is 0 Å². The summed E-state index contributed by atoms with van der Waals surface area (Å²) in [6, 6.07) is 5.60. The average Bonchev–Trinajstić information content (AvgIpc) is 2.19. The fourth-order valence-electron chi connectivity index (χ4n) is 0.952. The topological polar surface area (TPSA) is 50.9 Å².